The molecule has 0 aliphatic carbocycles. The van der Waals surface area contributed by atoms with E-state index < -0.39 is 46.1 Å². The average molecular weight is 421 g/mol. The molecule has 1 atom stereocenters. The number of amides is 1. The summed E-state index contributed by atoms with van der Waals surface area (Å²) in [6.07, 6.45) is -6.86. The average Bonchev–Trinajstić information content (AvgIpc) is 2.60. The van der Waals surface area contributed by atoms with Crippen molar-refractivity contribution in [2.24, 2.45) is 0 Å². The number of pyridine rings is 1. The van der Waals surface area contributed by atoms with Crippen molar-refractivity contribution in [2.45, 2.75) is 22.1 Å². The van der Waals surface area contributed by atoms with Crippen molar-refractivity contribution in [3.8, 4) is 0 Å². The lowest BCUT2D eigenvalue weighted by atomic mass is 10.2. The van der Waals surface area contributed by atoms with Crippen LogP contribution in [0.4, 0.5) is 23.2 Å². The quantitative estimate of drug-likeness (QED) is 0.561. The number of nitrogens with zero attached hydrogens (tertiary/aromatic N) is 2. The van der Waals surface area contributed by atoms with Crippen LogP contribution >= 0.6 is 0 Å². The number of alkyl halides is 3. The van der Waals surface area contributed by atoms with Crippen LogP contribution in [0.1, 0.15) is 10.5 Å². The standard InChI is InChI=1S/C16H15F4N3O4S/c1-23(8-13(24)16(18,19)20)15(25)14-12(21)6-11(7-22-14)28(26,27)10-4-2-9(17)3-5-10/h2-7,13,24H,8,21H2,1H3/t13-/m1/s1. The Kier molecular flexibility index (Phi) is 5.94. The number of hydrogen-bond donors (Lipinski definition) is 2. The van der Waals surface area contributed by atoms with Crippen LogP contribution in [0.25, 0.3) is 0 Å². The molecule has 0 aliphatic rings. The Morgan fingerprint density at radius 2 is 1.82 bits per heavy atom. The number of carbonyl (C=O) groups excluding carboxylic acids is 1. The molecule has 0 unspecified atom stereocenters. The molecule has 0 radical (unpaired) electrons. The maximum absolute atomic E-state index is 13.0. The topological polar surface area (TPSA) is 114 Å². The van der Waals surface area contributed by atoms with Crippen molar-refractivity contribution in [3.05, 3.63) is 48.0 Å². The van der Waals surface area contributed by atoms with E-state index in [9.17, 15) is 30.8 Å². The van der Waals surface area contributed by atoms with Gasteiger partial charge >= 0.3 is 6.18 Å². The minimum absolute atomic E-state index is 0.236. The van der Waals surface area contributed by atoms with E-state index in [4.69, 9.17) is 10.8 Å². The number of rotatable bonds is 5. The van der Waals surface area contributed by atoms with Gasteiger partial charge in [-0.05, 0) is 30.3 Å². The van der Waals surface area contributed by atoms with E-state index in [0.717, 1.165) is 43.6 Å². The van der Waals surface area contributed by atoms with Crippen molar-refractivity contribution >= 4 is 21.4 Å². The number of carbonyl (C=O) groups is 1. The number of sulfone groups is 1. The van der Waals surface area contributed by atoms with Crippen molar-refractivity contribution < 1.29 is 35.9 Å². The molecule has 0 saturated carbocycles. The molecule has 1 amide bonds. The third-order valence-corrected chi connectivity index (χ3v) is 5.44. The van der Waals surface area contributed by atoms with E-state index >= 15 is 0 Å². The molecule has 1 aromatic carbocycles. The van der Waals surface area contributed by atoms with Crippen LogP contribution in [0.15, 0.2) is 46.3 Å². The van der Waals surface area contributed by atoms with Gasteiger partial charge in [-0.15, -0.1) is 0 Å². The van der Waals surface area contributed by atoms with Crippen LogP contribution in [0, 0.1) is 5.82 Å². The first-order valence-corrected chi connectivity index (χ1v) is 9.08. The number of likely N-dealkylation sites (N-methyl/N-ethyl adjacent to an activating group) is 1. The van der Waals surface area contributed by atoms with Gasteiger partial charge in [0.05, 0.1) is 22.0 Å². The summed E-state index contributed by atoms with van der Waals surface area (Å²) in [6.45, 7) is -1.06. The summed E-state index contributed by atoms with van der Waals surface area (Å²) in [6, 6.07) is 4.89. The molecule has 0 bridgehead atoms. The van der Waals surface area contributed by atoms with Gasteiger partial charge in [0.2, 0.25) is 9.84 Å². The van der Waals surface area contributed by atoms with Gasteiger partial charge in [-0.3, -0.25) is 4.79 Å². The predicted octanol–water partition coefficient (Wildman–Crippen LogP) is 1.63. The van der Waals surface area contributed by atoms with E-state index in [2.05, 4.69) is 4.98 Å². The predicted molar refractivity (Wildman–Crippen MR) is 89.5 cm³/mol. The molecule has 7 nitrogen and oxygen atoms in total. The van der Waals surface area contributed by atoms with Gasteiger partial charge in [0, 0.05) is 13.2 Å². The molecule has 28 heavy (non-hydrogen) atoms. The highest BCUT2D eigenvalue weighted by molar-refractivity contribution is 7.91. The van der Waals surface area contributed by atoms with Crippen molar-refractivity contribution in [3.63, 3.8) is 0 Å². The van der Waals surface area contributed by atoms with Crippen LogP contribution in [0.5, 0.6) is 0 Å². The normalized spacial score (nSPS) is 13.2. The molecule has 0 aliphatic heterocycles. The molecule has 1 heterocycles. The zero-order valence-corrected chi connectivity index (χ0v) is 15.1. The third kappa shape index (κ3) is 4.57. The monoisotopic (exact) mass is 421 g/mol. The molecule has 152 valence electrons. The van der Waals surface area contributed by atoms with Crippen LogP contribution in [-0.4, -0.2) is 55.2 Å². The summed E-state index contributed by atoms with van der Waals surface area (Å²) in [4.78, 5) is 15.8. The first-order valence-electron chi connectivity index (χ1n) is 7.60. The number of benzene rings is 1. The Balaban J connectivity index is 2.29. The molecular weight excluding hydrogens is 406 g/mol. The fourth-order valence-corrected chi connectivity index (χ4v) is 3.40. The number of aliphatic hydroxyl groups excluding tert-OH is 1. The van der Waals surface area contributed by atoms with Crippen LogP contribution < -0.4 is 5.73 Å². The summed E-state index contributed by atoms with van der Waals surface area (Å²) in [5.41, 5.74) is 4.79. The fraction of sp³-hybridized carbons (Fsp3) is 0.250. The van der Waals surface area contributed by atoms with Crippen LogP contribution in [-0.2, 0) is 9.84 Å². The van der Waals surface area contributed by atoms with Gasteiger partial charge in [0.25, 0.3) is 5.91 Å². The smallest absolute Gasteiger partial charge is 0.397 e. The molecule has 12 heteroatoms. The number of halogens is 4. The maximum atomic E-state index is 13.0. The van der Waals surface area contributed by atoms with Crippen molar-refractivity contribution in [1.29, 1.82) is 0 Å². The Morgan fingerprint density at radius 3 is 2.32 bits per heavy atom. The highest BCUT2D eigenvalue weighted by atomic mass is 32.2. The second-order valence-corrected chi connectivity index (χ2v) is 7.76. The van der Waals surface area contributed by atoms with Gasteiger partial charge < -0.3 is 15.7 Å². The number of aromatic nitrogens is 1. The minimum atomic E-state index is -4.92. The first-order chi connectivity index (χ1) is 12.8. The van der Waals surface area contributed by atoms with E-state index in [-0.39, 0.29) is 15.5 Å². The van der Waals surface area contributed by atoms with E-state index in [1.807, 2.05) is 0 Å². The molecule has 2 aromatic rings. The summed E-state index contributed by atoms with van der Waals surface area (Å²) in [7, 11) is -3.10. The zero-order valence-electron chi connectivity index (χ0n) is 14.3. The molecule has 2 rings (SSSR count). The molecule has 0 saturated heterocycles. The van der Waals surface area contributed by atoms with Crippen molar-refractivity contribution in [1.82, 2.24) is 9.88 Å². The first kappa shape index (κ1) is 21.6. The Hall–Kier alpha value is -2.73. The minimum Gasteiger partial charge on any atom is -0.397 e. The van der Waals surface area contributed by atoms with Gasteiger partial charge in [0.1, 0.15) is 5.82 Å². The lowest BCUT2D eigenvalue weighted by Crippen LogP contribution is -2.42. The summed E-state index contributed by atoms with van der Waals surface area (Å²) < 4.78 is 75.2. The Morgan fingerprint density at radius 1 is 1.25 bits per heavy atom. The van der Waals surface area contributed by atoms with Gasteiger partial charge in [0.15, 0.2) is 11.8 Å². The SMILES string of the molecule is CN(C[C@@H](O)C(F)(F)F)C(=O)c1ncc(S(=O)(=O)c2ccc(F)cc2)cc1N. The van der Waals surface area contributed by atoms with Crippen molar-refractivity contribution in [2.75, 3.05) is 19.3 Å². The summed E-state index contributed by atoms with van der Waals surface area (Å²) in [5.74, 6) is -1.67. The molecule has 0 fully saturated rings. The summed E-state index contributed by atoms with van der Waals surface area (Å²) in [5, 5.41) is 9.04. The highest BCUT2D eigenvalue weighted by Crippen LogP contribution is 2.25. The summed E-state index contributed by atoms with van der Waals surface area (Å²) >= 11 is 0. The highest BCUT2D eigenvalue weighted by Gasteiger charge is 2.39. The molecule has 0 spiro atoms. The lowest BCUT2D eigenvalue weighted by Gasteiger charge is -2.22. The van der Waals surface area contributed by atoms with E-state index in [1.165, 1.54) is 0 Å². The number of aliphatic hydroxyl groups is 1. The third-order valence-electron chi connectivity index (χ3n) is 3.70. The lowest BCUT2D eigenvalue weighted by molar-refractivity contribution is -0.205. The fourth-order valence-electron chi connectivity index (χ4n) is 2.16. The number of hydrogen-bond acceptors (Lipinski definition) is 6. The molecule has 1 aromatic heterocycles. The van der Waals surface area contributed by atoms with Crippen LogP contribution in [0.3, 0.4) is 0 Å². The van der Waals surface area contributed by atoms with Gasteiger partial charge in [-0.1, -0.05) is 0 Å². The second kappa shape index (κ2) is 7.72. The van der Waals surface area contributed by atoms with Gasteiger partial charge in [-0.25, -0.2) is 17.8 Å². The molecule has 3 N–H and O–H groups in total. The Labute approximate surface area is 157 Å². The number of nitrogen functional groups attached to an aromatic ring is 1. The number of nitrogens with two attached hydrogens (primary N) is 1. The second-order valence-electron chi connectivity index (χ2n) is 5.81. The van der Waals surface area contributed by atoms with Gasteiger partial charge in [-0.2, -0.15) is 13.2 Å². The largest absolute Gasteiger partial charge is 0.416 e. The Bertz CT molecular complexity index is 978. The van der Waals surface area contributed by atoms with E-state index in [1.54, 1.807) is 0 Å². The molecular formula is C16H15F4N3O4S. The van der Waals surface area contributed by atoms with Crippen LogP contribution in [0.2, 0.25) is 0 Å². The number of anilines is 1. The van der Waals surface area contributed by atoms with E-state index in [0.29, 0.717) is 4.90 Å². The maximum Gasteiger partial charge on any atom is 0.416 e. The zero-order chi connectivity index (χ0) is 21.3.